The van der Waals surface area contributed by atoms with E-state index in [2.05, 4.69) is 5.32 Å². The van der Waals surface area contributed by atoms with Crippen molar-refractivity contribution >= 4 is 29.3 Å². The SMILES string of the molecule is COc1ccc2oc(C(C)NC(=O)C3CC4CCCC(C3)C4N)c(C)c2c1.Cl. The third-order valence-electron chi connectivity index (χ3n) is 6.72. The first-order valence-corrected chi connectivity index (χ1v) is 10.1. The second-order valence-electron chi connectivity index (χ2n) is 8.38. The maximum Gasteiger partial charge on any atom is 0.223 e. The second-order valence-corrected chi connectivity index (χ2v) is 8.38. The number of ether oxygens (including phenoxy) is 1. The van der Waals surface area contributed by atoms with Crippen LogP contribution < -0.4 is 15.8 Å². The third-order valence-corrected chi connectivity index (χ3v) is 6.72. The lowest BCUT2D eigenvalue weighted by Gasteiger charge is -2.43. The summed E-state index contributed by atoms with van der Waals surface area (Å²) in [5.41, 5.74) is 8.25. The molecule has 2 bridgehead atoms. The highest BCUT2D eigenvalue weighted by molar-refractivity contribution is 5.85. The molecule has 3 unspecified atom stereocenters. The fraction of sp³-hybridized carbons (Fsp3) is 0.591. The minimum atomic E-state index is -0.161. The predicted molar refractivity (Wildman–Crippen MR) is 113 cm³/mol. The third kappa shape index (κ3) is 3.74. The molecule has 0 radical (unpaired) electrons. The quantitative estimate of drug-likeness (QED) is 0.783. The van der Waals surface area contributed by atoms with Crippen LogP contribution in [0.1, 0.15) is 56.4 Å². The number of carbonyl (C=O) groups excluding carboxylic acids is 1. The van der Waals surface area contributed by atoms with Gasteiger partial charge in [-0.15, -0.1) is 12.4 Å². The summed E-state index contributed by atoms with van der Waals surface area (Å²) in [6.07, 6.45) is 5.44. The van der Waals surface area contributed by atoms with Gasteiger partial charge >= 0.3 is 0 Å². The molecule has 1 heterocycles. The van der Waals surface area contributed by atoms with Gasteiger partial charge in [0, 0.05) is 22.9 Å². The zero-order valence-electron chi connectivity index (χ0n) is 16.9. The van der Waals surface area contributed by atoms with E-state index in [1.807, 2.05) is 32.0 Å². The van der Waals surface area contributed by atoms with Crippen molar-refractivity contribution in [3.8, 4) is 5.75 Å². The second kappa shape index (κ2) is 8.34. The first-order chi connectivity index (χ1) is 13.0. The molecule has 5 nitrogen and oxygen atoms in total. The van der Waals surface area contributed by atoms with E-state index in [-0.39, 0.29) is 36.3 Å². The first kappa shape index (κ1) is 21.0. The van der Waals surface area contributed by atoms with Crippen LogP contribution in [0.15, 0.2) is 22.6 Å². The molecule has 0 saturated heterocycles. The zero-order chi connectivity index (χ0) is 19.1. The highest BCUT2D eigenvalue weighted by atomic mass is 35.5. The molecule has 0 aliphatic heterocycles. The van der Waals surface area contributed by atoms with Gasteiger partial charge in [0.15, 0.2) is 0 Å². The Morgan fingerprint density at radius 3 is 2.61 bits per heavy atom. The molecule has 3 atom stereocenters. The Balaban J connectivity index is 0.00000225. The van der Waals surface area contributed by atoms with Crippen LogP contribution in [0.25, 0.3) is 11.0 Å². The molecule has 2 aliphatic carbocycles. The number of rotatable bonds is 4. The van der Waals surface area contributed by atoms with Crippen LogP contribution >= 0.6 is 12.4 Å². The van der Waals surface area contributed by atoms with Gasteiger partial charge in [-0.25, -0.2) is 0 Å². The van der Waals surface area contributed by atoms with Crippen molar-refractivity contribution in [3.05, 3.63) is 29.5 Å². The summed E-state index contributed by atoms with van der Waals surface area (Å²) in [5, 5.41) is 4.23. The molecule has 154 valence electrons. The van der Waals surface area contributed by atoms with Crippen LogP contribution in [0.3, 0.4) is 0 Å². The monoisotopic (exact) mass is 406 g/mol. The zero-order valence-corrected chi connectivity index (χ0v) is 17.7. The molecule has 1 amide bonds. The molecule has 2 saturated carbocycles. The van der Waals surface area contributed by atoms with Gasteiger partial charge < -0.3 is 20.2 Å². The van der Waals surface area contributed by atoms with Crippen molar-refractivity contribution in [1.82, 2.24) is 5.32 Å². The van der Waals surface area contributed by atoms with E-state index in [0.717, 1.165) is 40.9 Å². The molecule has 2 fully saturated rings. The van der Waals surface area contributed by atoms with E-state index in [0.29, 0.717) is 11.8 Å². The minimum Gasteiger partial charge on any atom is -0.497 e. The van der Waals surface area contributed by atoms with Crippen LogP contribution in [0.2, 0.25) is 0 Å². The molecule has 6 heteroatoms. The number of furan rings is 1. The fourth-order valence-corrected chi connectivity index (χ4v) is 5.16. The summed E-state index contributed by atoms with van der Waals surface area (Å²) in [6, 6.07) is 5.92. The van der Waals surface area contributed by atoms with Crippen molar-refractivity contribution in [1.29, 1.82) is 0 Å². The Labute approximate surface area is 172 Å². The van der Waals surface area contributed by atoms with E-state index in [1.54, 1.807) is 7.11 Å². The predicted octanol–water partition coefficient (Wildman–Crippen LogP) is 4.50. The van der Waals surface area contributed by atoms with Crippen molar-refractivity contribution in [2.24, 2.45) is 23.5 Å². The van der Waals surface area contributed by atoms with Gasteiger partial charge in [-0.05, 0) is 69.6 Å². The van der Waals surface area contributed by atoms with Gasteiger partial charge in [-0.3, -0.25) is 4.79 Å². The maximum absolute atomic E-state index is 12.9. The van der Waals surface area contributed by atoms with E-state index >= 15 is 0 Å². The molecule has 1 aromatic heterocycles. The van der Waals surface area contributed by atoms with Crippen LogP contribution in [-0.2, 0) is 4.79 Å². The van der Waals surface area contributed by atoms with Crippen LogP contribution in [0, 0.1) is 24.7 Å². The van der Waals surface area contributed by atoms with Crippen LogP contribution in [-0.4, -0.2) is 19.1 Å². The highest BCUT2D eigenvalue weighted by Crippen LogP contribution is 2.42. The number of halogens is 1. The molecule has 1 aromatic carbocycles. The molecule has 3 N–H and O–H groups in total. The Hall–Kier alpha value is -1.72. The Morgan fingerprint density at radius 1 is 1.29 bits per heavy atom. The number of methoxy groups -OCH3 is 1. The standard InChI is InChI=1S/C22H30N2O3.ClH/c1-12-18-11-17(26-3)7-8-19(18)27-21(12)13(2)24-22(25)16-9-14-5-4-6-15(10-16)20(14)23;/h7-8,11,13-16,20H,4-6,9-10,23H2,1-3H3,(H,24,25);1H. The number of benzene rings is 1. The average molecular weight is 407 g/mol. The summed E-state index contributed by atoms with van der Waals surface area (Å²) in [7, 11) is 1.66. The number of aryl methyl sites for hydroxylation is 1. The summed E-state index contributed by atoms with van der Waals surface area (Å²) in [5.74, 6) is 2.85. The van der Waals surface area contributed by atoms with Crippen LogP contribution in [0.4, 0.5) is 0 Å². The molecule has 0 spiro atoms. The lowest BCUT2D eigenvalue weighted by molar-refractivity contribution is -0.128. The normalized spacial score (nSPS) is 27.7. The van der Waals surface area contributed by atoms with E-state index in [4.69, 9.17) is 14.9 Å². The maximum atomic E-state index is 12.9. The summed E-state index contributed by atoms with van der Waals surface area (Å²) < 4.78 is 11.4. The number of nitrogens with one attached hydrogen (secondary N) is 1. The Kier molecular flexibility index (Phi) is 6.25. The topological polar surface area (TPSA) is 77.5 Å². The molecular weight excluding hydrogens is 376 g/mol. The number of fused-ring (bicyclic) bond motifs is 3. The molecule has 4 rings (SSSR count). The van der Waals surface area contributed by atoms with E-state index in [1.165, 1.54) is 19.3 Å². The summed E-state index contributed by atoms with van der Waals surface area (Å²) in [4.78, 5) is 12.9. The molecular formula is C22H31ClN2O3. The summed E-state index contributed by atoms with van der Waals surface area (Å²) in [6.45, 7) is 4.03. The highest BCUT2D eigenvalue weighted by Gasteiger charge is 2.40. The number of nitrogens with two attached hydrogens (primary N) is 1. The van der Waals surface area contributed by atoms with Gasteiger partial charge in [0.1, 0.15) is 17.1 Å². The summed E-state index contributed by atoms with van der Waals surface area (Å²) >= 11 is 0. The van der Waals surface area contributed by atoms with Crippen molar-refractivity contribution in [2.75, 3.05) is 7.11 Å². The van der Waals surface area contributed by atoms with E-state index < -0.39 is 0 Å². The van der Waals surface area contributed by atoms with Gasteiger partial charge in [0.05, 0.1) is 13.2 Å². The number of amides is 1. The first-order valence-electron chi connectivity index (χ1n) is 10.1. The number of carbonyl (C=O) groups is 1. The fourth-order valence-electron chi connectivity index (χ4n) is 5.16. The number of hydrogen-bond donors (Lipinski definition) is 2. The average Bonchev–Trinajstić information content (AvgIpc) is 2.97. The minimum absolute atomic E-state index is 0. The smallest absolute Gasteiger partial charge is 0.223 e. The van der Waals surface area contributed by atoms with Gasteiger partial charge in [-0.1, -0.05) is 6.42 Å². The van der Waals surface area contributed by atoms with Crippen molar-refractivity contribution < 1.29 is 13.9 Å². The Bertz CT molecular complexity index is 836. The molecule has 2 aromatic rings. The largest absolute Gasteiger partial charge is 0.497 e. The lowest BCUT2D eigenvalue weighted by atomic mass is 9.65. The van der Waals surface area contributed by atoms with Crippen molar-refractivity contribution in [2.45, 2.75) is 58.0 Å². The number of hydrogen-bond acceptors (Lipinski definition) is 4. The van der Waals surface area contributed by atoms with Gasteiger partial charge in [0.2, 0.25) is 5.91 Å². The van der Waals surface area contributed by atoms with Gasteiger partial charge in [0.25, 0.3) is 0 Å². The van der Waals surface area contributed by atoms with E-state index in [9.17, 15) is 4.79 Å². The molecule has 28 heavy (non-hydrogen) atoms. The van der Waals surface area contributed by atoms with Crippen molar-refractivity contribution in [3.63, 3.8) is 0 Å². The lowest BCUT2D eigenvalue weighted by Crippen LogP contribution is -2.49. The van der Waals surface area contributed by atoms with Gasteiger partial charge in [-0.2, -0.15) is 0 Å². The molecule has 2 aliphatic rings. The van der Waals surface area contributed by atoms with Crippen LogP contribution in [0.5, 0.6) is 5.75 Å². The Morgan fingerprint density at radius 2 is 1.96 bits per heavy atom.